The molecular formula is C21H36N4OS. The number of nitrogens with one attached hydrogen (secondary N) is 1. The van der Waals surface area contributed by atoms with Gasteiger partial charge in [-0.25, -0.2) is 4.98 Å². The summed E-state index contributed by atoms with van der Waals surface area (Å²) in [5, 5.41) is 6.79. The summed E-state index contributed by atoms with van der Waals surface area (Å²) in [6.45, 7) is 12.8. The minimum Gasteiger partial charge on any atom is -0.360 e. The Labute approximate surface area is 168 Å². The van der Waals surface area contributed by atoms with Gasteiger partial charge in [0.25, 0.3) is 0 Å². The number of anilines is 1. The van der Waals surface area contributed by atoms with Crippen LogP contribution in [-0.4, -0.2) is 59.3 Å². The van der Waals surface area contributed by atoms with E-state index in [0.29, 0.717) is 11.8 Å². The molecule has 2 atom stereocenters. The molecule has 27 heavy (non-hydrogen) atoms. The molecule has 3 heterocycles. The maximum atomic E-state index is 12.4. The molecule has 0 aromatic carbocycles. The average Bonchev–Trinajstić information content (AvgIpc) is 3.34. The summed E-state index contributed by atoms with van der Waals surface area (Å²) in [5.41, 5.74) is 1.16. The first kappa shape index (κ1) is 20.7. The molecule has 1 aromatic rings. The van der Waals surface area contributed by atoms with Gasteiger partial charge < -0.3 is 5.32 Å². The highest BCUT2D eigenvalue weighted by Crippen LogP contribution is 2.25. The number of Topliss-reactive ketones (excluding diaryl/α,β-unsaturated/α-hetero) is 1. The van der Waals surface area contributed by atoms with E-state index in [9.17, 15) is 4.79 Å². The second kappa shape index (κ2) is 9.99. The van der Waals surface area contributed by atoms with Crippen molar-refractivity contribution >= 4 is 22.3 Å². The third-order valence-corrected chi connectivity index (χ3v) is 7.27. The summed E-state index contributed by atoms with van der Waals surface area (Å²) in [6.07, 6.45) is 5.59. The second-order valence-corrected chi connectivity index (χ2v) is 9.07. The maximum absolute atomic E-state index is 12.4. The Balaban J connectivity index is 1.41. The molecule has 0 radical (unpaired) electrons. The van der Waals surface area contributed by atoms with Crippen LogP contribution in [0.1, 0.15) is 58.6 Å². The number of hydrogen-bond donors (Lipinski definition) is 1. The number of aromatic nitrogens is 1. The highest BCUT2D eigenvalue weighted by Gasteiger charge is 2.27. The van der Waals surface area contributed by atoms with Crippen molar-refractivity contribution < 1.29 is 4.79 Å². The normalized spacial score (nSPS) is 23.6. The third kappa shape index (κ3) is 5.52. The molecule has 0 spiro atoms. The lowest BCUT2D eigenvalue weighted by atomic mass is 9.85. The molecule has 5 nitrogen and oxygen atoms in total. The van der Waals surface area contributed by atoms with Crippen LogP contribution in [0.15, 0.2) is 5.38 Å². The molecule has 2 fully saturated rings. The number of rotatable bonds is 9. The van der Waals surface area contributed by atoms with Gasteiger partial charge >= 0.3 is 0 Å². The first-order valence-corrected chi connectivity index (χ1v) is 11.7. The lowest BCUT2D eigenvalue weighted by Gasteiger charge is -2.31. The van der Waals surface area contributed by atoms with Crippen molar-refractivity contribution in [2.45, 2.75) is 65.5 Å². The van der Waals surface area contributed by atoms with E-state index >= 15 is 0 Å². The van der Waals surface area contributed by atoms with Crippen molar-refractivity contribution in [1.29, 1.82) is 0 Å². The van der Waals surface area contributed by atoms with E-state index in [1.54, 1.807) is 11.3 Å². The average molecular weight is 393 g/mol. The molecule has 2 saturated heterocycles. The first-order chi connectivity index (χ1) is 13.1. The molecule has 1 aromatic heterocycles. The number of piperidine rings is 1. The number of thiazole rings is 1. The number of nitrogens with zero attached hydrogens (tertiary/aromatic N) is 3. The van der Waals surface area contributed by atoms with Crippen LogP contribution < -0.4 is 5.32 Å². The van der Waals surface area contributed by atoms with Crippen molar-refractivity contribution in [1.82, 2.24) is 14.8 Å². The highest BCUT2D eigenvalue weighted by atomic mass is 32.1. The summed E-state index contributed by atoms with van der Waals surface area (Å²) in [6, 6.07) is 0.657. The van der Waals surface area contributed by atoms with E-state index in [2.05, 4.69) is 41.3 Å². The fraction of sp³-hybridized carbons (Fsp3) is 0.810. The number of likely N-dealkylation sites (tertiary alicyclic amines) is 2. The Hall–Kier alpha value is -0.980. The number of ketones is 1. The Morgan fingerprint density at radius 2 is 2.07 bits per heavy atom. The number of likely N-dealkylation sites (N-methyl/N-ethyl adjacent to an activating group) is 1. The van der Waals surface area contributed by atoms with Gasteiger partial charge in [-0.1, -0.05) is 20.8 Å². The molecule has 152 valence electrons. The Kier molecular flexibility index (Phi) is 7.67. The number of carbonyl (C=O) groups excluding carboxylic acids is 1. The molecule has 6 heteroatoms. The molecule has 3 rings (SSSR count). The number of carbonyl (C=O) groups is 1. The van der Waals surface area contributed by atoms with E-state index in [0.717, 1.165) is 62.8 Å². The standard InChI is InChI=1S/C21H36N4OS/c1-4-16(3)20(26)17-8-11-24(12-9-17)14-18-15-27-21(23-18)22-13-19-7-6-10-25(19)5-2/h15-17,19H,4-14H2,1-3H3,(H,22,23). The van der Waals surface area contributed by atoms with Crippen LogP contribution in [-0.2, 0) is 11.3 Å². The van der Waals surface area contributed by atoms with Crippen LogP contribution in [0.2, 0.25) is 0 Å². The van der Waals surface area contributed by atoms with Crippen molar-refractivity contribution in [2.24, 2.45) is 11.8 Å². The molecule has 2 aliphatic rings. The third-order valence-electron chi connectivity index (χ3n) is 6.42. The molecule has 2 aliphatic heterocycles. The van der Waals surface area contributed by atoms with Crippen molar-refractivity contribution in [3.63, 3.8) is 0 Å². The van der Waals surface area contributed by atoms with Crippen LogP contribution in [0.4, 0.5) is 5.13 Å². The summed E-state index contributed by atoms with van der Waals surface area (Å²) in [5.74, 6) is 0.972. The van der Waals surface area contributed by atoms with Crippen molar-refractivity contribution in [3.8, 4) is 0 Å². The minimum atomic E-state index is 0.220. The zero-order chi connectivity index (χ0) is 19.2. The smallest absolute Gasteiger partial charge is 0.182 e. The van der Waals surface area contributed by atoms with Gasteiger partial charge in [-0.05, 0) is 58.3 Å². The number of hydrogen-bond acceptors (Lipinski definition) is 6. The van der Waals surface area contributed by atoms with Crippen molar-refractivity contribution in [2.75, 3.05) is 38.0 Å². The van der Waals surface area contributed by atoms with Crippen LogP contribution in [0, 0.1) is 11.8 Å². The van der Waals surface area contributed by atoms with Crippen LogP contribution in [0.25, 0.3) is 0 Å². The molecule has 1 N–H and O–H groups in total. The topological polar surface area (TPSA) is 48.5 Å². The zero-order valence-corrected chi connectivity index (χ0v) is 18.1. The molecule has 0 amide bonds. The van der Waals surface area contributed by atoms with Gasteiger partial charge in [0.2, 0.25) is 0 Å². The Morgan fingerprint density at radius 1 is 1.30 bits per heavy atom. The monoisotopic (exact) mass is 392 g/mol. The fourth-order valence-electron chi connectivity index (χ4n) is 4.42. The van der Waals surface area contributed by atoms with Crippen LogP contribution in [0.5, 0.6) is 0 Å². The first-order valence-electron chi connectivity index (χ1n) is 10.8. The van der Waals surface area contributed by atoms with E-state index in [1.807, 2.05) is 0 Å². The zero-order valence-electron chi connectivity index (χ0n) is 17.2. The van der Waals surface area contributed by atoms with Crippen molar-refractivity contribution in [3.05, 3.63) is 11.1 Å². The highest BCUT2D eigenvalue weighted by molar-refractivity contribution is 7.13. The molecule has 0 saturated carbocycles. The lowest BCUT2D eigenvalue weighted by Crippen LogP contribution is -2.37. The summed E-state index contributed by atoms with van der Waals surface area (Å²) in [4.78, 5) is 22.2. The van der Waals surface area contributed by atoms with E-state index in [1.165, 1.54) is 19.4 Å². The van der Waals surface area contributed by atoms with Crippen LogP contribution >= 0.6 is 11.3 Å². The molecular weight excluding hydrogens is 356 g/mol. The quantitative estimate of drug-likeness (QED) is 0.691. The Morgan fingerprint density at radius 3 is 2.78 bits per heavy atom. The largest absolute Gasteiger partial charge is 0.360 e. The van der Waals surface area contributed by atoms with Crippen LogP contribution in [0.3, 0.4) is 0 Å². The van der Waals surface area contributed by atoms with Gasteiger partial charge in [-0.3, -0.25) is 14.6 Å². The molecule has 0 aliphatic carbocycles. The van der Waals surface area contributed by atoms with Gasteiger partial charge in [-0.2, -0.15) is 0 Å². The van der Waals surface area contributed by atoms with Gasteiger partial charge in [0.05, 0.1) is 5.69 Å². The van der Waals surface area contributed by atoms with E-state index < -0.39 is 0 Å². The summed E-state index contributed by atoms with van der Waals surface area (Å²) >= 11 is 1.72. The summed E-state index contributed by atoms with van der Waals surface area (Å²) < 4.78 is 0. The Bertz CT molecular complexity index is 597. The fourth-order valence-corrected chi connectivity index (χ4v) is 5.13. The predicted molar refractivity (Wildman–Crippen MR) is 113 cm³/mol. The SMILES string of the molecule is CCC(C)C(=O)C1CCN(Cc2csc(NCC3CCCN3CC)n2)CC1. The van der Waals surface area contributed by atoms with Gasteiger partial charge in [0.1, 0.15) is 5.78 Å². The molecule has 0 bridgehead atoms. The van der Waals surface area contributed by atoms with Gasteiger partial charge in [0.15, 0.2) is 5.13 Å². The molecule has 2 unspecified atom stereocenters. The minimum absolute atomic E-state index is 0.220. The van der Waals surface area contributed by atoms with E-state index in [4.69, 9.17) is 4.98 Å². The maximum Gasteiger partial charge on any atom is 0.182 e. The lowest BCUT2D eigenvalue weighted by molar-refractivity contribution is -0.127. The van der Waals surface area contributed by atoms with Gasteiger partial charge in [0, 0.05) is 36.3 Å². The predicted octanol–water partition coefficient (Wildman–Crippen LogP) is 3.87. The van der Waals surface area contributed by atoms with Gasteiger partial charge in [-0.15, -0.1) is 11.3 Å². The van der Waals surface area contributed by atoms with E-state index in [-0.39, 0.29) is 11.8 Å². The summed E-state index contributed by atoms with van der Waals surface area (Å²) in [7, 11) is 0. The second-order valence-electron chi connectivity index (χ2n) is 8.21.